The van der Waals surface area contributed by atoms with Gasteiger partial charge in [0.1, 0.15) is 11.9 Å². The Morgan fingerprint density at radius 2 is 2.17 bits per heavy atom. The Balaban J connectivity index is 2.12. The molecule has 2 N–H and O–H groups in total. The van der Waals surface area contributed by atoms with Crippen LogP contribution < -0.4 is 10.1 Å². The maximum atomic E-state index is 10.9. The van der Waals surface area contributed by atoms with Gasteiger partial charge in [0.25, 0.3) is 0 Å². The van der Waals surface area contributed by atoms with E-state index in [0.29, 0.717) is 0 Å². The van der Waals surface area contributed by atoms with Crippen molar-refractivity contribution in [3.8, 4) is 5.75 Å². The van der Waals surface area contributed by atoms with Crippen LogP contribution in [-0.2, 0) is 11.2 Å². The van der Waals surface area contributed by atoms with Gasteiger partial charge in [0.2, 0.25) is 0 Å². The Hall–Kier alpha value is -1.55. The zero-order valence-electron chi connectivity index (χ0n) is 10.6. The van der Waals surface area contributed by atoms with Crippen LogP contribution in [0, 0.1) is 6.92 Å². The van der Waals surface area contributed by atoms with Crippen LogP contribution in [0.5, 0.6) is 5.75 Å². The first-order chi connectivity index (χ1) is 8.65. The molecule has 1 aliphatic rings. The normalized spacial score (nSPS) is 16.5. The number of hydrogen-bond donors (Lipinski definition) is 2. The van der Waals surface area contributed by atoms with Crippen LogP contribution in [-0.4, -0.2) is 30.3 Å². The van der Waals surface area contributed by atoms with Crippen LogP contribution in [0.15, 0.2) is 18.2 Å². The number of nitrogens with one attached hydrogen (secondary N) is 1. The summed E-state index contributed by atoms with van der Waals surface area (Å²) in [6.07, 6.45) is 2.16. The van der Waals surface area contributed by atoms with Crippen molar-refractivity contribution < 1.29 is 14.6 Å². The predicted molar refractivity (Wildman–Crippen MR) is 69.0 cm³/mol. The minimum atomic E-state index is -0.823. The number of piperidine rings is 1. The molecule has 0 radical (unpaired) electrons. The van der Waals surface area contributed by atoms with Gasteiger partial charge in [0.15, 0.2) is 0 Å². The summed E-state index contributed by atoms with van der Waals surface area (Å²) in [4.78, 5) is 10.9. The first-order valence-corrected chi connectivity index (χ1v) is 6.34. The molecule has 1 fully saturated rings. The van der Waals surface area contributed by atoms with Crippen molar-refractivity contribution in [3.05, 3.63) is 29.3 Å². The molecule has 0 bridgehead atoms. The Bertz CT molecular complexity index is 425. The molecule has 18 heavy (non-hydrogen) atoms. The number of carboxylic acid groups (broad SMARTS) is 1. The van der Waals surface area contributed by atoms with Crippen molar-refractivity contribution in [3.63, 3.8) is 0 Å². The van der Waals surface area contributed by atoms with Gasteiger partial charge in [-0.1, -0.05) is 17.7 Å². The quantitative estimate of drug-likeness (QED) is 0.853. The lowest BCUT2D eigenvalue weighted by atomic mass is 10.1. The van der Waals surface area contributed by atoms with E-state index in [1.54, 1.807) is 0 Å². The second kappa shape index (κ2) is 5.87. The molecule has 0 saturated carbocycles. The van der Waals surface area contributed by atoms with E-state index in [0.717, 1.165) is 42.8 Å². The van der Waals surface area contributed by atoms with Gasteiger partial charge in [0, 0.05) is 5.56 Å². The van der Waals surface area contributed by atoms with Crippen molar-refractivity contribution in [1.29, 1.82) is 0 Å². The number of hydrogen-bond acceptors (Lipinski definition) is 3. The third kappa shape index (κ3) is 3.47. The minimum Gasteiger partial charge on any atom is -0.490 e. The highest BCUT2D eigenvalue weighted by Crippen LogP contribution is 2.23. The summed E-state index contributed by atoms with van der Waals surface area (Å²) in [5.41, 5.74) is 1.82. The van der Waals surface area contributed by atoms with E-state index in [1.165, 1.54) is 0 Å². The first-order valence-electron chi connectivity index (χ1n) is 6.34. The maximum Gasteiger partial charge on any atom is 0.307 e. The Kier molecular flexibility index (Phi) is 4.20. The molecule has 0 aliphatic carbocycles. The topological polar surface area (TPSA) is 58.6 Å². The first kappa shape index (κ1) is 12.9. The molecule has 4 heteroatoms. The molecule has 1 saturated heterocycles. The minimum absolute atomic E-state index is 0.0159. The Morgan fingerprint density at radius 1 is 1.44 bits per heavy atom. The number of ether oxygens (including phenoxy) is 1. The van der Waals surface area contributed by atoms with Gasteiger partial charge in [-0.3, -0.25) is 4.79 Å². The van der Waals surface area contributed by atoms with E-state index < -0.39 is 5.97 Å². The van der Waals surface area contributed by atoms with E-state index >= 15 is 0 Å². The zero-order chi connectivity index (χ0) is 13.0. The van der Waals surface area contributed by atoms with Gasteiger partial charge in [0.05, 0.1) is 6.42 Å². The molecule has 0 amide bonds. The van der Waals surface area contributed by atoms with Gasteiger partial charge < -0.3 is 15.2 Å². The lowest BCUT2D eigenvalue weighted by molar-refractivity contribution is -0.136. The number of benzene rings is 1. The number of aryl methyl sites for hydroxylation is 1. The average Bonchev–Trinajstić information content (AvgIpc) is 2.33. The molecule has 4 nitrogen and oxygen atoms in total. The fraction of sp³-hybridized carbons (Fsp3) is 0.500. The molecule has 0 unspecified atom stereocenters. The number of rotatable bonds is 4. The molecule has 1 aromatic carbocycles. The molecule has 2 rings (SSSR count). The van der Waals surface area contributed by atoms with Gasteiger partial charge in [-0.25, -0.2) is 0 Å². The molecule has 1 aliphatic heterocycles. The van der Waals surface area contributed by atoms with Crippen LogP contribution in [0.3, 0.4) is 0 Å². The molecule has 1 aromatic rings. The summed E-state index contributed by atoms with van der Waals surface area (Å²) < 4.78 is 5.94. The number of aliphatic carboxylic acids is 1. The van der Waals surface area contributed by atoms with Crippen LogP contribution in [0.4, 0.5) is 0 Å². The van der Waals surface area contributed by atoms with E-state index in [9.17, 15) is 4.79 Å². The van der Waals surface area contributed by atoms with Crippen LogP contribution in [0.25, 0.3) is 0 Å². The van der Waals surface area contributed by atoms with Crippen molar-refractivity contribution in [1.82, 2.24) is 5.32 Å². The lowest BCUT2D eigenvalue weighted by Crippen LogP contribution is -2.34. The second-order valence-corrected chi connectivity index (χ2v) is 4.75. The van der Waals surface area contributed by atoms with Crippen LogP contribution in [0.2, 0.25) is 0 Å². The summed E-state index contributed by atoms with van der Waals surface area (Å²) in [6, 6.07) is 5.74. The van der Waals surface area contributed by atoms with Crippen LogP contribution in [0.1, 0.15) is 24.0 Å². The van der Waals surface area contributed by atoms with E-state index in [2.05, 4.69) is 5.32 Å². The number of carbonyl (C=O) groups is 1. The van der Waals surface area contributed by atoms with Crippen molar-refractivity contribution in [2.24, 2.45) is 0 Å². The summed E-state index contributed by atoms with van der Waals surface area (Å²) in [6.45, 7) is 3.88. The fourth-order valence-electron chi connectivity index (χ4n) is 2.22. The molecule has 98 valence electrons. The third-order valence-electron chi connectivity index (χ3n) is 3.14. The van der Waals surface area contributed by atoms with E-state index in [1.807, 2.05) is 25.1 Å². The maximum absolute atomic E-state index is 10.9. The largest absolute Gasteiger partial charge is 0.490 e. The summed E-state index contributed by atoms with van der Waals surface area (Å²) in [7, 11) is 0. The molecule has 1 heterocycles. The number of carboxylic acids is 1. The van der Waals surface area contributed by atoms with Gasteiger partial charge in [-0.2, -0.15) is 0 Å². The van der Waals surface area contributed by atoms with Crippen molar-refractivity contribution in [2.75, 3.05) is 13.1 Å². The van der Waals surface area contributed by atoms with Gasteiger partial charge >= 0.3 is 5.97 Å². The predicted octanol–water partition coefficient (Wildman–Crippen LogP) is 1.75. The molecule has 0 atom stereocenters. The van der Waals surface area contributed by atoms with Crippen LogP contribution >= 0.6 is 0 Å². The van der Waals surface area contributed by atoms with E-state index in [-0.39, 0.29) is 12.5 Å². The smallest absolute Gasteiger partial charge is 0.307 e. The van der Waals surface area contributed by atoms with E-state index in [4.69, 9.17) is 9.84 Å². The fourth-order valence-corrected chi connectivity index (χ4v) is 2.22. The third-order valence-corrected chi connectivity index (χ3v) is 3.14. The summed E-state index contributed by atoms with van der Waals surface area (Å²) in [5, 5.41) is 12.2. The van der Waals surface area contributed by atoms with Crippen molar-refractivity contribution >= 4 is 5.97 Å². The van der Waals surface area contributed by atoms with Gasteiger partial charge in [-0.05, 0) is 38.9 Å². The molecular formula is C14H19NO3. The summed E-state index contributed by atoms with van der Waals surface area (Å²) in [5.74, 6) is -0.106. The highest BCUT2D eigenvalue weighted by atomic mass is 16.5. The second-order valence-electron chi connectivity index (χ2n) is 4.75. The standard InChI is InChI=1S/C14H19NO3/c1-10-2-3-13(11(8-10)9-14(16)17)18-12-4-6-15-7-5-12/h2-3,8,12,15H,4-7,9H2,1H3,(H,16,17). The zero-order valence-corrected chi connectivity index (χ0v) is 10.6. The van der Waals surface area contributed by atoms with Gasteiger partial charge in [-0.15, -0.1) is 0 Å². The highest BCUT2D eigenvalue weighted by molar-refractivity contribution is 5.71. The molecule has 0 aromatic heterocycles. The Labute approximate surface area is 107 Å². The average molecular weight is 249 g/mol. The Morgan fingerprint density at radius 3 is 2.83 bits per heavy atom. The molecule has 0 spiro atoms. The lowest BCUT2D eigenvalue weighted by Gasteiger charge is -2.25. The SMILES string of the molecule is Cc1ccc(OC2CCNCC2)c(CC(=O)O)c1. The van der Waals surface area contributed by atoms with Crippen molar-refractivity contribution in [2.45, 2.75) is 32.3 Å². The monoisotopic (exact) mass is 249 g/mol. The molecular weight excluding hydrogens is 230 g/mol. The summed E-state index contributed by atoms with van der Waals surface area (Å²) >= 11 is 0. The highest BCUT2D eigenvalue weighted by Gasteiger charge is 2.17.